The summed E-state index contributed by atoms with van der Waals surface area (Å²) in [5.41, 5.74) is 2.37. The van der Waals surface area contributed by atoms with Gasteiger partial charge in [-0.25, -0.2) is 4.98 Å². The van der Waals surface area contributed by atoms with E-state index in [-0.39, 0.29) is 30.4 Å². The molecule has 2 aromatic carbocycles. The van der Waals surface area contributed by atoms with Gasteiger partial charge in [0.15, 0.2) is 0 Å². The van der Waals surface area contributed by atoms with Crippen molar-refractivity contribution in [3.63, 3.8) is 0 Å². The highest BCUT2D eigenvalue weighted by Gasteiger charge is 2.31. The van der Waals surface area contributed by atoms with Crippen LogP contribution in [-0.4, -0.2) is 52.2 Å². The van der Waals surface area contributed by atoms with E-state index in [9.17, 15) is 18.0 Å². The predicted octanol–water partition coefficient (Wildman–Crippen LogP) is 4.94. The third kappa shape index (κ3) is 5.58. The number of hydrogen-bond donors (Lipinski definition) is 0. The Morgan fingerprint density at radius 2 is 1.67 bits per heavy atom. The van der Waals surface area contributed by atoms with Gasteiger partial charge in [-0.1, -0.05) is 17.7 Å². The van der Waals surface area contributed by atoms with Crippen molar-refractivity contribution in [1.82, 2.24) is 19.4 Å². The second-order valence-electron chi connectivity index (χ2n) is 8.66. The normalized spacial score (nSPS) is 14.5. The molecular formula is C25H26Cl2F3N5O. The average molecular weight is 540 g/mol. The lowest BCUT2D eigenvalue weighted by Crippen LogP contribution is -2.47. The molecule has 0 spiro atoms. The minimum absolute atomic E-state index is 0. The zero-order valence-electron chi connectivity index (χ0n) is 19.5. The van der Waals surface area contributed by atoms with Gasteiger partial charge in [-0.05, 0) is 37.3 Å². The maximum Gasteiger partial charge on any atom is 0.416 e. The molecular weight excluding hydrogens is 514 g/mol. The number of fused-ring (bicyclic) bond motifs is 3. The molecule has 192 valence electrons. The van der Waals surface area contributed by atoms with Gasteiger partial charge >= 0.3 is 6.18 Å². The van der Waals surface area contributed by atoms with Gasteiger partial charge in [-0.3, -0.25) is 19.2 Å². The topological polar surface area (TPSA) is 54.3 Å². The molecule has 6 nitrogen and oxygen atoms in total. The quantitative estimate of drug-likeness (QED) is 0.344. The van der Waals surface area contributed by atoms with E-state index in [0.717, 1.165) is 22.5 Å². The lowest BCUT2D eigenvalue weighted by atomic mass is 10.1. The fourth-order valence-electron chi connectivity index (χ4n) is 4.44. The minimum Gasteiger partial charge on any atom is -0.369 e. The zero-order valence-corrected chi connectivity index (χ0v) is 21.2. The Bertz CT molecular complexity index is 1420. The van der Waals surface area contributed by atoms with Crippen LogP contribution in [0, 0.1) is 6.92 Å². The summed E-state index contributed by atoms with van der Waals surface area (Å²) in [4.78, 5) is 26.2. The van der Waals surface area contributed by atoms with Crippen LogP contribution >= 0.6 is 24.8 Å². The summed E-state index contributed by atoms with van der Waals surface area (Å²) < 4.78 is 40.7. The van der Waals surface area contributed by atoms with Crippen LogP contribution in [0.4, 0.5) is 18.9 Å². The fourth-order valence-corrected chi connectivity index (χ4v) is 4.44. The van der Waals surface area contributed by atoms with E-state index in [0.29, 0.717) is 55.9 Å². The molecule has 0 bridgehead atoms. The molecule has 0 radical (unpaired) electrons. The van der Waals surface area contributed by atoms with Crippen molar-refractivity contribution in [2.45, 2.75) is 19.6 Å². The van der Waals surface area contributed by atoms with Crippen molar-refractivity contribution in [3.05, 3.63) is 76.5 Å². The Labute approximate surface area is 218 Å². The summed E-state index contributed by atoms with van der Waals surface area (Å²) in [6, 6.07) is 11.4. The first-order valence-corrected chi connectivity index (χ1v) is 11.2. The van der Waals surface area contributed by atoms with Crippen LogP contribution in [0.5, 0.6) is 0 Å². The molecule has 2 aromatic heterocycles. The van der Waals surface area contributed by atoms with Crippen molar-refractivity contribution in [2.75, 3.05) is 37.6 Å². The summed E-state index contributed by atoms with van der Waals surface area (Å²) in [6.07, 6.45) is -1.17. The maximum atomic E-state index is 13.0. The van der Waals surface area contributed by atoms with Gasteiger partial charge in [0.1, 0.15) is 0 Å². The van der Waals surface area contributed by atoms with E-state index in [1.807, 2.05) is 30.0 Å². The standard InChI is InChI=1S/C25H24F3N5O.2ClH/c1-17-5-6-22-20(13-17)23-21(15-29-22)24(34)33(16-30-23)12-9-31-7-10-32(11-8-31)19-4-2-3-18(14-19)25(26,27)28;;/h2-6,13-16H,7-12H2,1H3;2*1H. The van der Waals surface area contributed by atoms with Crippen molar-refractivity contribution in [3.8, 4) is 0 Å². The van der Waals surface area contributed by atoms with Crippen LogP contribution in [0.3, 0.4) is 0 Å². The van der Waals surface area contributed by atoms with Crippen molar-refractivity contribution in [1.29, 1.82) is 0 Å². The molecule has 0 unspecified atom stereocenters. The first kappa shape index (κ1) is 27.7. The number of hydrogen-bond acceptors (Lipinski definition) is 5. The van der Waals surface area contributed by atoms with Gasteiger partial charge in [0, 0.05) is 56.5 Å². The van der Waals surface area contributed by atoms with E-state index in [2.05, 4.69) is 14.9 Å². The third-order valence-electron chi connectivity index (χ3n) is 6.38. The number of piperazine rings is 1. The molecule has 11 heteroatoms. The van der Waals surface area contributed by atoms with Crippen LogP contribution in [0.1, 0.15) is 11.1 Å². The van der Waals surface area contributed by atoms with Gasteiger partial charge in [0.25, 0.3) is 5.56 Å². The lowest BCUT2D eigenvalue weighted by Gasteiger charge is -2.36. The number of benzene rings is 2. The molecule has 1 saturated heterocycles. The smallest absolute Gasteiger partial charge is 0.369 e. The number of alkyl halides is 3. The number of pyridine rings is 1. The zero-order chi connectivity index (χ0) is 23.9. The number of aromatic nitrogens is 3. The largest absolute Gasteiger partial charge is 0.416 e. The van der Waals surface area contributed by atoms with Crippen LogP contribution in [0.2, 0.25) is 0 Å². The first-order chi connectivity index (χ1) is 16.3. The third-order valence-corrected chi connectivity index (χ3v) is 6.38. The molecule has 5 rings (SSSR count). The van der Waals surface area contributed by atoms with Crippen LogP contribution in [0.25, 0.3) is 21.8 Å². The second-order valence-corrected chi connectivity index (χ2v) is 8.66. The molecule has 0 amide bonds. The highest BCUT2D eigenvalue weighted by molar-refractivity contribution is 6.02. The summed E-state index contributed by atoms with van der Waals surface area (Å²) in [5.74, 6) is 0. The molecule has 0 atom stereocenters. The van der Waals surface area contributed by atoms with Crippen LogP contribution in [-0.2, 0) is 12.7 Å². The van der Waals surface area contributed by atoms with E-state index < -0.39 is 11.7 Å². The maximum absolute atomic E-state index is 13.0. The van der Waals surface area contributed by atoms with Gasteiger partial charge < -0.3 is 4.90 Å². The van der Waals surface area contributed by atoms with Gasteiger partial charge in [0.2, 0.25) is 0 Å². The van der Waals surface area contributed by atoms with E-state index in [4.69, 9.17) is 0 Å². The van der Waals surface area contributed by atoms with Crippen LogP contribution < -0.4 is 10.5 Å². The van der Waals surface area contributed by atoms with Crippen LogP contribution in [0.15, 0.2) is 59.8 Å². The molecule has 1 fully saturated rings. The highest BCUT2D eigenvalue weighted by atomic mass is 35.5. The molecule has 3 heterocycles. The SMILES string of the molecule is Cc1ccc2ncc3c(=O)n(CCN4CCN(c5cccc(C(F)(F)F)c5)CC4)cnc3c2c1.Cl.Cl. The Kier molecular flexibility index (Phi) is 8.48. The highest BCUT2D eigenvalue weighted by Crippen LogP contribution is 2.32. The van der Waals surface area contributed by atoms with Crippen molar-refractivity contribution >= 4 is 52.3 Å². The van der Waals surface area contributed by atoms with Gasteiger partial charge in [-0.15, -0.1) is 24.8 Å². The molecule has 1 aliphatic rings. The molecule has 4 aromatic rings. The average Bonchev–Trinajstić information content (AvgIpc) is 2.83. The summed E-state index contributed by atoms with van der Waals surface area (Å²) in [6.45, 7) is 5.80. The monoisotopic (exact) mass is 539 g/mol. The predicted molar refractivity (Wildman–Crippen MR) is 141 cm³/mol. The Balaban J connectivity index is 0.00000180. The lowest BCUT2D eigenvalue weighted by molar-refractivity contribution is -0.137. The molecule has 0 aliphatic carbocycles. The number of aryl methyl sites for hydroxylation is 1. The van der Waals surface area contributed by atoms with Crippen molar-refractivity contribution < 1.29 is 13.2 Å². The number of rotatable bonds is 4. The molecule has 1 aliphatic heterocycles. The van der Waals surface area contributed by atoms with E-state index in [1.54, 1.807) is 23.2 Å². The molecule has 0 N–H and O–H groups in total. The molecule has 36 heavy (non-hydrogen) atoms. The summed E-state index contributed by atoms with van der Waals surface area (Å²) >= 11 is 0. The van der Waals surface area contributed by atoms with Gasteiger partial charge in [0.05, 0.1) is 28.3 Å². The van der Waals surface area contributed by atoms with E-state index >= 15 is 0 Å². The Morgan fingerprint density at radius 1 is 0.917 bits per heavy atom. The second kappa shape index (κ2) is 11.0. The number of anilines is 1. The molecule has 0 saturated carbocycles. The van der Waals surface area contributed by atoms with Crippen molar-refractivity contribution in [2.24, 2.45) is 0 Å². The fraction of sp³-hybridized carbons (Fsp3) is 0.320. The van der Waals surface area contributed by atoms with E-state index in [1.165, 1.54) is 12.1 Å². The summed E-state index contributed by atoms with van der Waals surface area (Å²) in [5, 5.41) is 1.36. The van der Waals surface area contributed by atoms with Gasteiger partial charge in [-0.2, -0.15) is 13.2 Å². The Morgan fingerprint density at radius 3 is 2.39 bits per heavy atom. The number of halogens is 5. The number of nitrogens with zero attached hydrogens (tertiary/aromatic N) is 5. The Hall–Kier alpha value is -2.88. The first-order valence-electron chi connectivity index (χ1n) is 11.2. The summed E-state index contributed by atoms with van der Waals surface area (Å²) in [7, 11) is 0. The minimum atomic E-state index is -4.35.